The minimum absolute atomic E-state index is 0.0471. The molecule has 0 saturated heterocycles. The molecule has 1 aliphatic heterocycles. The summed E-state index contributed by atoms with van der Waals surface area (Å²) in [6.07, 6.45) is 0. The number of benzene rings is 3. The normalized spacial score (nSPS) is 14.2. The number of fused-ring (bicyclic) bond motifs is 1. The molecule has 3 aromatic carbocycles. The van der Waals surface area contributed by atoms with E-state index in [1.165, 1.54) is 18.2 Å². The standard InChI is InChI=1S/C25H20Br2O6/c1-10-7-12(3)21(28)17(19(10)26)25(18-20(27)11(2)8-13(4)22(18)29)16-6-5-14(23(30)31)9-15(16)24(32)33-25/h5-9,28-29H,1-4H3,(H,30,31). The van der Waals surface area contributed by atoms with Gasteiger partial charge in [-0.1, -0.05) is 18.2 Å². The molecule has 0 amide bonds. The van der Waals surface area contributed by atoms with Gasteiger partial charge in [0.25, 0.3) is 0 Å². The zero-order chi connectivity index (χ0) is 24.4. The fourth-order valence-electron chi connectivity index (χ4n) is 4.45. The van der Waals surface area contributed by atoms with Gasteiger partial charge in [-0.2, -0.15) is 0 Å². The van der Waals surface area contributed by atoms with E-state index in [0.29, 0.717) is 25.6 Å². The first kappa shape index (κ1) is 23.3. The number of aromatic carboxylic acids is 1. The third-order valence-electron chi connectivity index (χ3n) is 6.03. The van der Waals surface area contributed by atoms with Crippen LogP contribution in [-0.4, -0.2) is 27.3 Å². The Morgan fingerprint density at radius 3 is 1.79 bits per heavy atom. The first-order valence-corrected chi connectivity index (χ1v) is 11.6. The van der Waals surface area contributed by atoms with Crippen molar-refractivity contribution in [3.05, 3.63) is 89.3 Å². The molecule has 0 bridgehead atoms. The maximum Gasteiger partial charge on any atom is 0.340 e. The third kappa shape index (κ3) is 3.27. The molecule has 33 heavy (non-hydrogen) atoms. The van der Waals surface area contributed by atoms with Crippen LogP contribution in [0.4, 0.5) is 0 Å². The van der Waals surface area contributed by atoms with E-state index in [9.17, 15) is 24.9 Å². The van der Waals surface area contributed by atoms with E-state index in [-0.39, 0.29) is 33.8 Å². The van der Waals surface area contributed by atoms with E-state index in [0.717, 1.165) is 11.1 Å². The highest BCUT2D eigenvalue weighted by Crippen LogP contribution is 2.57. The summed E-state index contributed by atoms with van der Waals surface area (Å²) in [4.78, 5) is 24.7. The molecule has 0 spiro atoms. The highest BCUT2D eigenvalue weighted by molar-refractivity contribution is 9.11. The third-order valence-corrected chi connectivity index (χ3v) is 8.08. The fourth-order valence-corrected chi connectivity index (χ4v) is 5.61. The van der Waals surface area contributed by atoms with Crippen molar-refractivity contribution in [1.82, 2.24) is 0 Å². The van der Waals surface area contributed by atoms with Crippen LogP contribution in [0.3, 0.4) is 0 Å². The Hall–Kier alpha value is -2.84. The Bertz CT molecular complexity index is 1260. The van der Waals surface area contributed by atoms with E-state index in [1.807, 2.05) is 13.8 Å². The Kier molecular flexibility index (Phi) is 5.57. The Balaban J connectivity index is 2.26. The van der Waals surface area contributed by atoms with Gasteiger partial charge in [0.05, 0.1) is 22.3 Å². The van der Waals surface area contributed by atoms with Gasteiger partial charge in [0.1, 0.15) is 11.5 Å². The number of hydrogen-bond acceptors (Lipinski definition) is 5. The number of esters is 1. The molecule has 3 N–H and O–H groups in total. The molecule has 0 saturated carbocycles. The van der Waals surface area contributed by atoms with Crippen LogP contribution >= 0.6 is 31.9 Å². The molecule has 0 atom stereocenters. The monoisotopic (exact) mass is 574 g/mol. The van der Waals surface area contributed by atoms with E-state index >= 15 is 0 Å². The number of carbonyl (C=O) groups excluding carboxylic acids is 1. The second kappa shape index (κ2) is 7.88. The summed E-state index contributed by atoms with van der Waals surface area (Å²) in [6.45, 7) is 7.14. The maximum absolute atomic E-state index is 13.2. The molecule has 0 unspecified atom stereocenters. The number of cyclic esters (lactones) is 1. The minimum atomic E-state index is -1.75. The number of phenols is 2. The smallest absolute Gasteiger partial charge is 0.340 e. The molecule has 3 aromatic rings. The van der Waals surface area contributed by atoms with Gasteiger partial charge in [0.2, 0.25) is 0 Å². The quantitative estimate of drug-likeness (QED) is 0.330. The first-order valence-electron chi connectivity index (χ1n) is 10.0. The van der Waals surface area contributed by atoms with Crippen molar-refractivity contribution in [2.45, 2.75) is 33.3 Å². The lowest BCUT2D eigenvalue weighted by atomic mass is 9.76. The van der Waals surface area contributed by atoms with Crippen LogP contribution < -0.4 is 0 Å². The zero-order valence-corrected chi connectivity index (χ0v) is 21.4. The van der Waals surface area contributed by atoms with Crippen LogP contribution in [-0.2, 0) is 10.3 Å². The van der Waals surface area contributed by atoms with E-state index in [4.69, 9.17) is 4.74 Å². The number of hydrogen-bond donors (Lipinski definition) is 3. The lowest BCUT2D eigenvalue weighted by molar-refractivity contribution is 0.0234. The summed E-state index contributed by atoms with van der Waals surface area (Å²) in [7, 11) is 0. The van der Waals surface area contributed by atoms with E-state index in [2.05, 4.69) is 31.9 Å². The second-order valence-electron chi connectivity index (χ2n) is 8.23. The van der Waals surface area contributed by atoms with Gasteiger partial charge in [-0.15, -0.1) is 0 Å². The van der Waals surface area contributed by atoms with Crippen LogP contribution in [0.2, 0.25) is 0 Å². The van der Waals surface area contributed by atoms with Gasteiger partial charge in [-0.25, -0.2) is 9.59 Å². The topological polar surface area (TPSA) is 104 Å². The number of phenolic OH excluding ortho intramolecular Hbond substituents is 2. The van der Waals surface area contributed by atoms with Crippen LogP contribution in [0.1, 0.15) is 59.7 Å². The molecule has 1 heterocycles. The number of carboxylic acids is 1. The van der Waals surface area contributed by atoms with Crippen molar-refractivity contribution < 1.29 is 29.6 Å². The lowest BCUT2D eigenvalue weighted by Crippen LogP contribution is -2.31. The van der Waals surface area contributed by atoms with E-state index < -0.39 is 17.5 Å². The van der Waals surface area contributed by atoms with Gasteiger partial charge in [0.15, 0.2) is 5.60 Å². The van der Waals surface area contributed by atoms with E-state index in [1.54, 1.807) is 26.0 Å². The Labute approximate surface area is 207 Å². The van der Waals surface area contributed by atoms with Crippen LogP contribution in [0, 0.1) is 27.7 Å². The lowest BCUT2D eigenvalue weighted by Gasteiger charge is -2.34. The predicted octanol–water partition coefficient (Wildman–Crippen LogP) is 6.02. The van der Waals surface area contributed by atoms with Crippen molar-refractivity contribution in [1.29, 1.82) is 0 Å². The highest BCUT2D eigenvalue weighted by Gasteiger charge is 2.54. The molecule has 0 radical (unpaired) electrons. The maximum atomic E-state index is 13.2. The van der Waals surface area contributed by atoms with Gasteiger partial charge >= 0.3 is 11.9 Å². The van der Waals surface area contributed by atoms with Crippen LogP contribution in [0.15, 0.2) is 39.3 Å². The summed E-state index contributed by atoms with van der Waals surface area (Å²) in [5, 5.41) is 31.9. The molecule has 1 aliphatic rings. The largest absolute Gasteiger partial charge is 0.507 e. The van der Waals surface area contributed by atoms with Crippen molar-refractivity contribution in [2.24, 2.45) is 0 Å². The molecule has 0 aromatic heterocycles. The number of ether oxygens (including phenoxy) is 1. The number of carboxylic acid groups (broad SMARTS) is 1. The molecule has 0 aliphatic carbocycles. The predicted molar refractivity (Wildman–Crippen MR) is 129 cm³/mol. The molecule has 0 fully saturated rings. The van der Waals surface area contributed by atoms with Crippen LogP contribution in [0.5, 0.6) is 11.5 Å². The molecule has 6 nitrogen and oxygen atoms in total. The molecule has 170 valence electrons. The SMILES string of the molecule is Cc1cc(C)c(Br)c(C2(c3c(O)c(C)cc(C)c3Br)OC(=O)c3cc(C(=O)O)ccc32)c1O. The van der Waals surface area contributed by atoms with Gasteiger partial charge < -0.3 is 20.1 Å². The summed E-state index contributed by atoms with van der Waals surface area (Å²) in [5.41, 5.74) is 1.71. The minimum Gasteiger partial charge on any atom is -0.507 e. The Morgan fingerprint density at radius 2 is 1.33 bits per heavy atom. The fraction of sp³-hybridized carbons (Fsp3) is 0.200. The molecular weight excluding hydrogens is 556 g/mol. The average molecular weight is 576 g/mol. The average Bonchev–Trinajstić information content (AvgIpc) is 3.03. The number of rotatable bonds is 3. The second-order valence-corrected chi connectivity index (χ2v) is 9.82. The number of aryl methyl sites for hydroxylation is 4. The number of carbonyl (C=O) groups is 2. The Morgan fingerprint density at radius 1 is 0.848 bits per heavy atom. The first-order chi connectivity index (χ1) is 15.4. The van der Waals surface area contributed by atoms with Crippen molar-refractivity contribution in [3.8, 4) is 11.5 Å². The summed E-state index contributed by atoms with van der Waals surface area (Å²) in [6, 6.07) is 7.70. The highest BCUT2D eigenvalue weighted by atomic mass is 79.9. The summed E-state index contributed by atoms with van der Waals surface area (Å²) in [5.74, 6) is -2.17. The van der Waals surface area contributed by atoms with Gasteiger partial charge in [-0.3, -0.25) is 0 Å². The van der Waals surface area contributed by atoms with Crippen molar-refractivity contribution in [3.63, 3.8) is 0 Å². The van der Waals surface area contributed by atoms with Crippen LogP contribution in [0.25, 0.3) is 0 Å². The summed E-state index contributed by atoms with van der Waals surface area (Å²) < 4.78 is 7.06. The molecule has 4 rings (SSSR count). The van der Waals surface area contributed by atoms with Gasteiger partial charge in [-0.05, 0) is 93.9 Å². The zero-order valence-electron chi connectivity index (χ0n) is 18.2. The summed E-state index contributed by atoms with van der Waals surface area (Å²) >= 11 is 7.12. The van der Waals surface area contributed by atoms with Gasteiger partial charge in [0, 0.05) is 14.5 Å². The molecule has 8 heteroatoms. The number of halogens is 2. The van der Waals surface area contributed by atoms with Crippen molar-refractivity contribution >= 4 is 43.8 Å². The molecular formula is C25H20Br2O6. The number of aromatic hydroxyl groups is 2. The van der Waals surface area contributed by atoms with Crippen molar-refractivity contribution in [2.75, 3.05) is 0 Å².